The summed E-state index contributed by atoms with van der Waals surface area (Å²) in [4.78, 5) is 34.4. The number of nitrogens with zero attached hydrogens (tertiary/aromatic N) is 5. The molecule has 0 bridgehead atoms. The van der Waals surface area contributed by atoms with Crippen LogP contribution in [0.5, 0.6) is 5.75 Å². The molecule has 1 saturated heterocycles. The predicted octanol–water partition coefficient (Wildman–Crippen LogP) is 1.05. The van der Waals surface area contributed by atoms with Gasteiger partial charge in [-0.2, -0.15) is 0 Å². The van der Waals surface area contributed by atoms with Gasteiger partial charge in [-0.15, -0.1) is 0 Å². The van der Waals surface area contributed by atoms with E-state index < -0.39 is 4.92 Å². The van der Waals surface area contributed by atoms with Crippen LogP contribution in [0.15, 0.2) is 36.8 Å². The Labute approximate surface area is 143 Å². The molecule has 3 rings (SSSR count). The maximum absolute atomic E-state index is 12.3. The van der Waals surface area contributed by atoms with Gasteiger partial charge < -0.3 is 10.0 Å². The molecule has 0 radical (unpaired) electrons. The molecule has 0 atom stereocenters. The lowest BCUT2D eigenvalue weighted by Crippen LogP contribution is -2.48. The van der Waals surface area contributed by atoms with Crippen LogP contribution in [0.2, 0.25) is 0 Å². The molecule has 1 aromatic heterocycles. The summed E-state index contributed by atoms with van der Waals surface area (Å²) in [5, 5.41) is 20.8. The number of piperazine rings is 1. The third kappa shape index (κ3) is 3.89. The van der Waals surface area contributed by atoms with Gasteiger partial charge in [-0.1, -0.05) is 0 Å². The Balaban J connectivity index is 1.61. The van der Waals surface area contributed by atoms with E-state index >= 15 is 0 Å². The maximum atomic E-state index is 12.3. The molecule has 1 aliphatic rings. The summed E-state index contributed by atoms with van der Waals surface area (Å²) in [6, 6.07) is 3.99. The van der Waals surface area contributed by atoms with Crippen LogP contribution in [0.4, 0.5) is 5.69 Å². The van der Waals surface area contributed by atoms with E-state index in [9.17, 15) is 20.0 Å². The molecule has 25 heavy (non-hydrogen) atoms. The first-order valence-corrected chi connectivity index (χ1v) is 7.78. The van der Waals surface area contributed by atoms with Crippen molar-refractivity contribution in [1.29, 1.82) is 0 Å². The highest BCUT2D eigenvalue weighted by molar-refractivity contribution is 5.92. The Morgan fingerprint density at radius 1 is 1.24 bits per heavy atom. The zero-order valence-corrected chi connectivity index (χ0v) is 13.4. The van der Waals surface area contributed by atoms with Crippen molar-refractivity contribution in [3.8, 4) is 5.75 Å². The van der Waals surface area contributed by atoms with Gasteiger partial charge in [-0.3, -0.25) is 24.8 Å². The minimum absolute atomic E-state index is 0.0312. The van der Waals surface area contributed by atoms with E-state index in [2.05, 4.69) is 9.97 Å². The number of benzene rings is 1. The highest BCUT2D eigenvalue weighted by Gasteiger charge is 2.24. The van der Waals surface area contributed by atoms with Crippen LogP contribution in [0.25, 0.3) is 0 Å². The molecule has 1 aliphatic heterocycles. The fourth-order valence-corrected chi connectivity index (χ4v) is 2.73. The van der Waals surface area contributed by atoms with Crippen LogP contribution >= 0.6 is 0 Å². The third-order valence-corrected chi connectivity index (χ3v) is 4.11. The normalized spacial score (nSPS) is 15.1. The largest absolute Gasteiger partial charge is 0.508 e. The van der Waals surface area contributed by atoms with Gasteiger partial charge in [0.2, 0.25) is 0 Å². The summed E-state index contributed by atoms with van der Waals surface area (Å²) in [5.74, 6) is -0.130. The summed E-state index contributed by atoms with van der Waals surface area (Å²) in [6.07, 6.45) is 4.44. The van der Waals surface area contributed by atoms with Crippen LogP contribution in [0.3, 0.4) is 0 Å². The first-order chi connectivity index (χ1) is 12.0. The number of aromatic nitrogens is 2. The summed E-state index contributed by atoms with van der Waals surface area (Å²) < 4.78 is 0. The molecular formula is C16H17N5O4. The molecule has 1 N–H and O–H groups in total. The van der Waals surface area contributed by atoms with E-state index in [0.29, 0.717) is 44.0 Å². The second kappa shape index (κ2) is 7.22. The first kappa shape index (κ1) is 16.8. The number of nitro benzene ring substituents is 1. The number of hydrogen-bond donors (Lipinski definition) is 1. The van der Waals surface area contributed by atoms with Crippen LogP contribution in [0, 0.1) is 10.1 Å². The van der Waals surface area contributed by atoms with E-state index in [4.69, 9.17) is 0 Å². The molecule has 9 nitrogen and oxygen atoms in total. The molecule has 0 saturated carbocycles. The van der Waals surface area contributed by atoms with E-state index in [1.165, 1.54) is 36.8 Å². The highest BCUT2D eigenvalue weighted by Crippen LogP contribution is 2.24. The highest BCUT2D eigenvalue weighted by atomic mass is 16.6. The molecule has 1 aromatic carbocycles. The number of hydrogen-bond acceptors (Lipinski definition) is 7. The van der Waals surface area contributed by atoms with Crippen molar-refractivity contribution in [2.75, 3.05) is 26.2 Å². The van der Waals surface area contributed by atoms with Crippen LogP contribution in [0.1, 0.15) is 16.1 Å². The van der Waals surface area contributed by atoms with Crippen LogP contribution in [-0.2, 0) is 6.54 Å². The Kier molecular flexibility index (Phi) is 4.85. The number of phenolic OH excluding ortho intramolecular Hbond substituents is 1. The Bertz CT molecular complexity index is 775. The second-order valence-corrected chi connectivity index (χ2v) is 5.73. The molecule has 0 unspecified atom stereocenters. The molecular weight excluding hydrogens is 326 g/mol. The maximum Gasteiger partial charge on any atom is 0.274 e. The lowest BCUT2D eigenvalue weighted by Gasteiger charge is -2.34. The average molecular weight is 343 g/mol. The number of nitro groups is 1. The lowest BCUT2D eigenvalue weighted by atomic mass is 10.1. The number of rotatable bonds is 4. The standard InChI is InChI=1S/C16H17N5O4/c22-15-2-1-13(21(24)25)9-12(15)11-19-5-7-20(8-6-19)16(23)14-10-17-3-4-18-14/h1-4,9-10,22H,5-8,11H2. The topological polar surface area (TPSA) is 113 Å². The first-order valence-electron chi connectivity index (χ1n) is 7.78. The monoisotopic (exact) mass is 343 g/mol. The summed E-state index contributed by atoms with van der Waals surface area (Å²) in [6.45, 7) is 2.64. The van der Waals surface area contributed by atoms with Crippen molar-refractivity contribution in [2.24, 2.45) is 0 Å². The Morgan fingerprint density at radius 2 is 2.00 bits per heavy atom. The minimum Gasteiger partial charge on any atom is -0.508 e. The zero-order valence-electron chi connectivity index (χ0n) is 13.4. The van der Waals surface area contributed by atoms with E-state index in [1.807, 2.05) is 4.90 Å². The van der Waals surface area contributed by atoms with Crippen molar-refractivity contribution in [1.82, 2.24) is 19.8 Å². The fourth-order valence-electron chi connectivity index (χ4n) is 2.73. The number of carbonyl (C=O) groups excluding carboxylic acids is 1. The number of amides is 1. The molecule has 9 heteroatoms. The number of non-ortho nitro benzene ring substituents is 1. The second-order valence-electron chi connectivity index (χ2n) is 5.73. The van der Waals surface area contributed by atoms with Crippen LogP contribution in [-0.4, -0.2) is 61.9 Å². The predicted molar refractivity (Wildman–Crippen MR) is 88.0 cm³/mol. The molecule has 1 amide bonds. The van der Waals surface area contributed by atoms with Crippen molar-refractivity contribution in [3.05, 3.63) is 58.2 Å². The number of aromatic hydroxyl groups is 1. The van der Waals surface area contributed by atoms with Crippen molar-refractivity contribution in [2.45, 2.75) is 6.54 Å². The lowest BCUT2D eigenvalue weighted by molar-refractivity contribution is -0.385. The van der Waals surface area contributed by atoms with E-state index in [1.54, 1.807) is 4.90 Å². The summed E-state index contributed by atoms with van der Waals surface area (Å²) >= 11 is 0. The zero-order chi connectivity index (χ0) is 17.8. The fraction of sp³-hybridized carbons (Fsp3) is 0.312. The molecule has 0 aliphatic carbocycles. The van der Waals surface area contributed by atoms with Crippen LogP contribution < -0.4 is 0 Å². The van der Waals surface area contributed by atoms with Crippen molar-refractivity contribution >= 4 is 11.6 Å². The van der Waals surface area contributed by atoms with Gasteiger partial charge in [0.15, 0.2) is 0 Å². The van der Waals surface area contributed by atoms with Gasteiger partial charge in [0.25, 0.3) is 11.6 Å². The van der Waals surface area contributed by atoms with Gasteiger partial charge in [-0.05, 0) is 6.07 Å². The van der Waals surface area contributed by atoms with Gasteiger partial charge in [0, 0.05) is 62.8 Å². The minimum atomic E-state index is -0.486. The quantitative estimate of drug-likeness (QED) is 0.652. The van der Waals surface area contributed by atoms with Crippen molar-refractivity contribution in [3.63, 3.8) is 0 Å². The average Bonchev–Trinajstić information content (AvgIpc) is 2.64. The molecule has 2 heterocycles. The summed E-state index contributed by atoms with van der Waals surface area (Å²) in [5.41, 5.74) is 0.763. The third-order valence-electron chi connectivity index (χ3n) is 4.11. The summed E-state index contributed by atoms with van der Waals surface area (Å²) in [7, 11) is 0. The number of phenols is 1. The Morgan fingerprint density at radius 3 is 2.64 bits per heavy atom. The molecule has 0 spiro atoms. The number of carbonyl (C=O) groups is 1. The molecule has 1 fully saturated rings. The Hall–Kier alpha value is -3.07. The smallest absolute Gasteiger partial charge is 0.274 e. The molecule has 2 aromatic rings. The van der Waals surface area contributed by atoms with Crippen molar-refractivity contribution < 1.29 is 14.8 Å². The molecule has 130 valence electrons. The van der Waals surface area contributed by atoms with E-state index in [0.717, 1.165) is 0 Å². The van der Waals surface area contributed by atoms with Gasteiger partial charge in [0.05, 0.1) is 11.1 Å². The van der Waals surface area contributed by atoms with Gasteiger partial charge >= 0.3 is 0 Å². The van der Waals surface area contributed by atoms with E-state index in [-0.39, 0.29) is 17.3 Å². The SMILES string of the molecule is O=C(c1cnccn1)N1CCN(Cc2cc([N+](=O)[O-])ccc2O)CC1. The van der Waals surface area contributed by atoms with Gasteiger partial charge in [-0.25, -0.2) is 4.98 Å². The van der Waals surface area contributed by atoms with Gasteiger partial charge in [0.1, 0.15) is 11.4 Å².